The lowest BCUT2D eigenvalue weighted by atomic mass is 9.83. The molecule has 0 aliphatic carbocycles. The molecule has 0 bridgehead atoms. The minimum Gasteiger partial charge on any atom is -0.478 e. The van der Waals surface area contributed by atoms with Crippen molar-refractivity contribution >= 4 is 17.9 Å². The number of rotatable bonds is 16. The molecule has 0 spiro atoms. The van der Waals surface area contributed by atoms with E-state index < -0.39 is 73.5 Å². The Morgan fingerprint density at radius 3 is 2.53 bits per heavy atom. The third-order valence-electron chi connectivity index (χ3n) is 7.89. The molecule has 8 atom stereocenters. The predicted molar refractivity (Wildman–Crippen MR) is 173 cm³/mol. The van der Waals surface area contributed by atoms with Crippen LogP contribution in [0.25, 0.3) is 0 Å². The summed E-state index contributed by atoms with van der Waals surface area (Å²) < 4.78 is 28.5. The van der Waals surface area contributed by atoms with E-state index in [9.17, 15) is 35.1 Å². The van der Waals surface area contributed by atoms with Crippen LogP contribution in [0.3, 0.4) is 0 Å². The number of nitrogens with one attached hydrogen (secondary N) is 1. The van der Waals surface area contributed by atoms with Gasteiger partial charge in [0.15, 0.2) is 12.2 Å². The molecule has 1 saturated heterocycles. The summed E-state index contributed by atoms with van der Waals surface area (Å²) in [6.07, 6.45) is -0.539. The number of esters is 1. The lowest BCUT2D eigenvalue weighted by Gasteiger charge is -2.44. The number of aliphatic imine (C=N–C) groups is 1. The molecular formula is C32H48N4O13. The summed E-state index contributed by atoms with van der Waals surface area (Å²) in [5.41, 5.74) is 6.48. The van der Waals surface area contributed by atoms with E-state index in [4.69, 9.17) is 34.5 Å². The molecule has 17 nitrogen and oxygen atoms in total. The van der Waals surface area contributed by atoms with Crippen LogP contribution >= 0.6 is 0 Å². The van der Waals surface area contributed by atoms with Gasteiger partial charge >= 0.3 is 11.9 Å². The Morgan fingerprint density at radius 2 is 1.94 bits per heavy atom. The van der Waals surface area contributed by atoms with Crippen molar-refractivity contribution in [1.82, 2.24) is 10.2 Å². The standard InChI is InChI=1S/C32H48N4O13/c1-5-19-20(8-7-18-13-36(10-12-38)14-21(28(42)43)24(18)35-32(33)34-9-6-11-37)22(29(44)45-4)16-46-30(19)49-31-27(47-17(2)3)26(41)25(40)23(15-39)48-31/h5,7-8,13,16-17,19-20,23,25-27,30-31,37-41H,1,6,9-12,14-15H2,2-4H3,(H,42,43)(H3,33,34,35)/b8-7+/t19-,20+,23-,25-,26+,27-,30+,31+/m1/s1. The number of allylic oxidation sites excluding steroid dienone is 2. The molecule has 49 heavy (non-hydrogen) atoms. The zero-order chi connectivity index (χ0) is 36.2. The van der Waals surface area contributed by atoms with Gasteiger partial charge in [-0.25, -0.2) is 9.59 Å². The van der Waals surface area contributed by atoms with Crippen molar-refractivity contribution in [2.24, 2.45) is 22.6 Å². The highest BCUT2D eigenvalue weighted by atomic mass is 16.8. The van der Waals surface area contributed by atoms with Crippen LogP contribution in [-0.4, -0.2) is 143 Å². The maximum absolute atomic E-state index is 12.9. The number of β-amino-alcohol motifs (C(OH)–C–C–N with tert-alkyl or cyclic N) is 1. The van der Waals surface area contributed by atoms with Gasteiger partial charge in [-0.05, 0) is 20.3 Å². The first-order valence-electron chi connectivity index (χ1n) is 15.8. The van der Waals surface area contributed by atoms with Crippen LogP contribution < -0.4 is 11.1 Å². The van der Waals surface area contributed by atoms with Gasteiger partial charge in [0.2, 0.25) is 6.29 Å². The van der Waals surface area contributed by atoms with E-state index in [0.29, 0.717) is 12.0 Å². The van der Waals surface area contributed by atoms with Gasteiger partial charge in [-0.15, -0.1) is 6.58 Å². The van der Waals surface area contributed by atoms with Crippen molar-refractivity contribution in [3.63, 3.8) is 0 Å². The van der Waals surface area contributed by atoms with Gasteiger partial charge in [0, 0.05) is 37.4 Å². The van der Waals surface area contributed by atoms with E-state index in [1.165, 1.54) is 13.2 Å². The molecule has 3 aliphatic heterocycles. The highest BCUT2D eigenvalue weighted by molar-refractivity contribution is 5.92. The topological polar surface area (TPSA) is 255 Å². The zero-order valence-corrected chi connectivity index (χ0v) is 27.8. The summed E-state index contributed by atoms with van der Waals surface area (Å²) in [4.78, 5) is 31.0. The van der Waals surface area contributed by atoms with Crippen molar-refractivity contribution < 1.29 is 63.9 Å². The third-order valence-corrected chi connectivity index (χ3v) is 7.89. The number of nitrogens with zero attached hydrogens (tertiary/aromatic N) is 2. The zero-order valence-electron chi connectivity index (χ0n) is 27.8. The molecule has 3 rings (SSSR count). The molecule has 0 aromatic carbocycles. The van der Waals surface area contributed by atoms with Crippen molar-refractivity contribution in [3.05, 3.63) is 59.7 Å². The van der Waals surface area contributed by atoms with E-state index in [2.05, 4.69) is 16.9 Å². The van der Waals surface area contributed by atoms with E-state index in [1.807, 2.05) is 0 Å². The summed E-state index contributed by atoms with van der Waals surface area (Å²) in [5.74, 6) is -3.73. The molecule has 0 amide bonds. The van der Waals surface area contributed by atoms with Crippen molar-refractivity contribution in [3.8, 4) is 0 Å². The number of carboxylic acids is 1. The lowest BCUT2D eigenvalue weighted by Crippen LogP contribution is -2.61. The van der Waals surface area contributed by atoms with E-state index in [1.54, 1.807) is 37.1 Å². The quantitative estimate of drug-likeness (QED) is 0.0299. The molecule has 0 saturated carbocycles. The molecule has 9 N–H and O–H groups in total. The average Bonchev–Trinajstić information content (AvgIpc) is 3.07. The normalized spacial score (nSPS) is 29.4. The van der Waals surface area contributed by atoms with Crippen LogP contribution in [0.5, 0.6) is 0 Å². The number of aliphatic hydroxyl groups is 5. The fourth-order valence-electron chi connectivity index (χ4n) is 5.49. The SMILES string of the molecule is C=C[C@H]1[C@H](O[C@@H]2O[C@H](CO)[C@@H](O)[C@H](O)[C@H]2OC(C)C)OC=C(C(=O)OC)[C@H]1/C=C/C1=CN(CCO)CC(C(=O)O)=C1NC(N)=NCCCO. The number of methoxy groups -OCH3 is 1. The molecule has 0 aromatic heterocycles. The summed E-state index contributed by atoms with van der Waals surface area (Å²) in [6, 6.07) is 0. The molecule has 0 unspecified atom stereocenters. The number of hydrogen-bond acceptors (Lipinski definition) is 14. The van der Waals surface area contributed by atoms with E-state index >= 15 is 0 Å². The predicted octanol–water partition coefficient (Wildman–Crippen LogP) is -1.56. The average molecular weight is 697 g/mol. The van der Waals surface area contributed by atoms with Crippen LogP contribution in [-0.2, 0) is 33.3 Å². The van der Waals surface area contributed by atoms with E-state index in [-0.39, 0.29) is 55.7 Å². The van der Waals surface area contributed by atoms with Gasteiger partial charge in [-0.3, -0.25) is 4.99 Å². The molecule has 3 heterocycles. The highest BCUT2D eigenvalue weighted by Gasteiger charge is 2.49. The monoisotopic (exact) mass is 696 g/mol. The number of guanidine groups is 1. The largest absolute Gasteiger partial charge is 0.478 e. The first-order chi connectivity index (χ1) is 23.4. The Labute approximate surface area is 284 Å². The number of nitrogens with two attached hydrogens (primary N) is 1. The Bertz CT molecular complexity index is 1310. The minimum atomic E-state index is -1.48. The minimum absolute atomic E-state index is 0.0638. The second kappa shape index (κ2) is 18.8. The number of carboxylic acid groups (broad SMARTS) is 1. The second-order valence-electron chi connectivity index (χ2n) is 11.7. The molecule has 0 aromatic rings. The molecular weight excluding hydrogens is 648 g/mol. The third kappa shape index (κ3) is 10.1. The summed E-state index contributed by atoms with van der Waals surface area (Å²) in [5, 5.41) is 62.6. The number of aliphatic carboxylic acids is 1. The van der Waals surface area contributed by atoms with Crippen molar-refractivity contribution in [2.75, 3.05) is 46.6 Å². The Balaban J connectivity index is 2.04. The van der Waals surface area contributed by atoms with Crippen LogP contribution in [0.15, 0.2) is 64.7 Å². The van der Waals surface area contributed by atoms with Crippen LogP contribution in [0, 0.1) is 11.8 Å². The maximum atomic E-state index is 12.9. The van der Waals surface area contributed by atoms with Crippen molar-refractivity contribution in [1.29, 1.82) is 0 Å². The Hall–Kier alpha value is -3.81. The smallest absolute Gasteiger partial charge is 0.337 e. The van der Waals surface area contributed by atoms with Gasteiger partial charge in [0.1, 0.15) is 24.4 Å². The molecule has 3 aliphatic rings. The molecule has 1 fully saturated rings. The Morgan fingerprint density at radius 1 is 1.20 bits per heavy atom. The molecule has 0 radical (unpaired) electrons. The van der Waals surface area contributed by atoms with E-state index in [0.717, 1.165) is 6.26 Å². The second-order valence-corrected chi connectivity index (χ2v) is 11.7. The van der Waals surface area contributed by atoms with Gasteiger partial charge in [-0.1, -0.05) is 18.2 Å². The van der Waals surface area contributed by atoms with Gasteiger partial charge in [-0.2, -0.15) is 0 Å². The number of carbonyl (C=O) groups excluding carboxylic acids is 1. The lowest BCUT2D eigenvalue weighted by molar-refractivity contribution is -0.348. The highest BCUT2D eigenvalue weighted by Crippen LogP contribution is 2.37. The van der Waals surface area contributed by atoms with Crippen molar-refractivity contribution in [2.45, 2.75) is 63.4 Å². The number of ether oxygens (including phenoxy) is 5. The molecule has 274 valence electrons. The first-order valence-corrected chi connectivity index (χ1v) is 15.8. The first kappa shape index (κ1) is 39.6. The summed E-state index contributed by atoms with van der Waals surface area (Å²) in [6.45, 7) is 6.60. The van der Waals surface area contributed by atoms with Crippen LogP contribution in [0.4, 0.5) is 0 Å². The Kier molecular flexibility index (Phi) is 15.2. The number of aliphatic hydroxyl groups excluding tert-OH is 5. The van der Waals surface area contributed by atoms with Gasteiger partial charge < -0.3 is 70.3 Å². The van der Waals surface area contributed by atoms with Crippen LogP contribution in [0.1, 0.15) is 20.3 Å². The summed E-state index contributed by atoms with van der Waals surface area (Å²) >= 11 is 0. The molecule has 17 heteroatoms. The van der Waals surface area contributed by atoms with Gasteiger partial charge in [0.25, 0.3) is 0 Å². The van der Waals surface area contributed by atoms with Gasteiger partial charge in [0.05, 0.1) is 62.0 Å². The fourth-order valence-corrected chi connectivity index (χ4v) is 5.49. The number of hydrogen-bond donors (Lipinski definition) is 8. The van der Waals surface area contributed by atoms with Crippen LogP contribution in [0.2, 0.25) is 0 Å². The summed E-state index contributed by atoms with van der Waals surface area (Å²) in [7, 11) is 1.19. The maximum Gasteiger partial charge on any atom is 0.337 e. The number of carbonyl (C=O) groups is 2. The fraction of sp³-hybridized carbons (Fsp3) is 0.594.